The first kappa shape index (κ1) is 40.7. The zero-order chi connectivity index (χ0) is 34.4. The second kappa shape index (κ2) is 18.5. The van der Waals surface area contributed by atoms with Gasteiger partial charge in [-0.15, -0.1) is 23.5 Å². The van der Waals surface area contributed by atoms with E-state index in [9.17, 15) is 45.5 Å². The lowest BCUT2D eigenvalue weighted by Gasteiger charge is -2.19. The van der Waals surface area contributed by atoms with Gasteiger partial charge in [-0.25, -0.2) is 36.4 Å². The third kappa shape index (κ3) is 15.0. The molecule has 0 spiro atoms. The number of thioether (sulfide) groups is 2. The summed E-state index contributed by atoms with van der Waals surface area (Å²) in [4.78, 5) is 65.6. The number of rotatable bonds is 9. The van der Waals surface area contributed by atoms with E-state index in [0.717, 1.165) is 49.3 Å². The van der Waals surface area contributed by atoms with E-state index in [4.69, 9.17) is 0 Å². The van der Waals surface area contributed by atoms with Crippen molar-refractivity contribution in [2.75, 3.05) is 40.7 Å². The largest absolute Gasteiger partial charge is 0.447 e. The number of hydrogen-bond acceptors (Lipinski definition) is 16. The molecular weight excluding hydrogens is 699 g/mol. The molecule has 0 bridgehead atoms. The average Bonchev–Trinajstić information content (AvgIpc) is 2.92. The van der Waals surface area contributed by atoms with Crippen molar-refractivity contribution in [2.45, 2.75) is 26.2 Å². The average molecular weight is 723 g/mol. The first-order chi connectivity index (χ1) is 20.1. The van der Waals surface area contributed by atoms with Crippen LogP contribution in [0.1, 0.15) is 13.8 Å². The molecule has 16 nitrogen and oxygen atoms in total. The Morgan fingerprint density at radius 1 is 0.523 bits per heavy atom. The van der Waals surface area contributed by atoms with Gasteiger partial charge in [-0.2, -0.15) is 26.3 Å². The van der Waals surface area contributed by atoms with Crippen molar-refractivity contribution >= 4 is 93.7 Å². The fourth-order valence-corrected chi connectivity index (χ4v) is 3.47. The van der Waals surface area contributed by atoms with Gasteiger partial charge in [-0.3, -0.25) is 19.4 Å². The highest BCUT2D eigenvalue weighted by molar-refractivity contribution is 8.13. The van der Waals surface area contributed by atoms with Gasteiger partial charge in [0.1, 0.15) is 11.4 Å². The molecule has 44 heavy (non-hydrogen) atoms. The minimum absolute atomic E-state index is 0.0773. The highest BCUT2D eigenvalue weighted by atomic mass is 32.2. The fourth-order valence-electron chi connectivity index (χ4n) is 1.65. The molecule has 26 heteroatoms. The van der Waals surface area contributed by atoms with Crippen molar-refractivity contribution in [3.63, 3.8) is 0 Å². The Hall–Kier alpha value is -3.26. The molecule has 0 aliphatic rings. The lowest BCUT2D eigenvalue weighted by molar-refractivity contribution is -0.0585. The summed E-state index contributed by atoms with van der Waals surface area (Å²) in [6.07, 6.45) is -12.5. The van der Waals surface area contributed by atoms with E-state index < -0.39 is 46.8 Å². The smallest absolute Gasteiger partial charge is 0.297 e. The molecule has 250 valence electrons. The first-order valence-electron chi connectivity index (χ1n) is 10.8. The Morgan fingerprint density at radius 3 is 0.955 bits per heavy atom. The standard InChI is InChI=1S/C18H24F6N8O8S4/c1-9(25-37-13(33)29(3)43-31(5)15(35)39-27-11(41-7)17(19,20)21)10(2)26-38-14(34)30(4)44-32(6)16(36)40-28-12(42-8)18(22,23)24/h1-8H3/b25-9+,26-10+,27-11-,28-12-. The number of carbonyl (C=O) groups is 4. The summed E-state index contributed by atoms with van der Waals surface area (Å²) in [7, 11) is 4.39. The summed E-state index contributed by atoms with van der Waals surface area (Å²) in [6, 6.07) is 0. The Balaban J connectivity index is 4.95. The molecule has 0 fully saturated rings. The molecule has 0 aromatic heterocycles. The molecule has 0 rings (SSSR count). The number of oxime groups is 4. The van der Waals surface area contributed by atoms with Crippen LogP contribution in [0.15, 0.2) is 20.6 Å². The van der Waals surface area contributed by atoms with Gasteiger partial charge >= 0.3 is 36.7 Å². The maximum Gasteiger partial charge on any atom is 0.447 e. The topological polar surface area (TPSA) is 168 Å². The zero-order valence-electron chi connectivity index (χ0n) is 23.7. The summed E-state index contributed by atoms with van der Waals surface area (Å²) in [5.74, 6) is 0. The zero-order valence-corrected chi connectivity index (χ0v) is 27.0. The van der Waals surface area contributed by atoms with Crippen molar-refractivity contribution in [2.24, 2.45) is 20.6 Å². The Labute approximate surface area is 263 Å². The molecule has 0 saturated carbocycles. The summed E-state index contributed by atoms with van der Waals surface area (Å²) < 4.78 is 78.6. The van der Waals surface area contributed by atoms with Crippen LogP contribution in [0.25, 0.3) is 0 Å². The van der Waals surface area contributed by atoms with Crippen LogP contribution in [0.4, 0.5) is 45.5 Å². The fraction of sp³-hybridized carbons (Fsp3) is 0.556. The minimum atomic E-state index is -4.83. The van der Waals surface area contributed by atoms with Gasteiger partial charge in [0.25, 0.3) is 0 Å². The number of carbonyl (C=O) groups excluding carboxylic acids is 4. The lowest BCUT2D eigenvalue weighted by Crippen LogP contribution is -2.29. The van der Waals surface area contributed by atoms with E-state index in [1.54, 1.807) is 0 Å². The Morgan fingerprint density at radius 2 is 0.750 bits per heavy atom. The van der Waals surface area contributed by atoms with Crippen molar-refractivity contribution in [1.82, 2.24) is 17.2 Å². The molecule has 0 aliphatic heterocycles. The number of halogens is 6. The molecule has 0 unspecified atom stereocenters. The monoisotopic (exact) mass is 722 g/mol. The highest BCUT2D eigenvalue weighted by Crippen LogP contribution is 2.25. The van der Waals surface area contributed by atoms with Gasteiger partial charge in [0.05, 0.1) is 24.3 Å². The summed E-state index contributed by atoms with van der Waals surface area (Å²) in [5, 5.41) is 9.58. The van der Waals surface area contributed by atoms with Gasteiger partial charge in [0, 0.05) is 28.2 Å². The van der Waals surface area contributed by atoms with Crippen molar-refractivity contribution in [3.8, 4) is 0 Å². The van der Waals surface area contributed by atoms with E-state index in [1.165, 1.54) is 13.8 Å². The Kier molecular flexibility index (Phi) is 17.2. The number of alkyl halides is 6. The second-order valence-corrected chi connectivity index (χ2v) is 11.2. The van der Waals surface area contributed by atoms with Gasteiger partial charge < -0.3 is 0 Å². The number of amides is 4. The normalized spacial score (nSPS) is 13.1. The number of nitrogens with zero attached hydrogens (tertiary/aromatic N) is 8. The molecule has 4 amide bonds. The van der Waals surface area contributed by atoms with Gasteiger partial charge in [-0.1, -0.05) is 20.6 Å². The highest BCUT2D eigenvalue weighted by Gasteiger charge is 2.37. The van der Waals surface area contributed by atoms with Crippen molar-refractivity contribution < 1.29 is 64.9 Å². The van der Waals surface area contributed by atoms with Crippen LogP contribution in [0.5, 0.6) is 0 Å². The first-order valence-corrected chi connectivity index (χ1v) is 14.7. The number of hydrogen-bond donors (Lipinski definition) is 0. The van der Waals surface area contributed by atoms with Gasteiger partial charge in [0.2, 0.25) is 10.1 Å². The molecule has 0 radical (unpaired) electrons. The van der Waals surface area contributed by atoms with Crippen LogP contribution < -0.4 is 0 Å². The minimum Gasteiger partial charge on any atom is -0.297 e. The third-order valence-corrected chi connectivity index (χ3v) is 6.81. The molecule has 0 saturated heterocycles. The maximum atomic E-state index is 12.6. The van der Waals surface area contributed by atoms with Gasteiger partial charge in [0.15, 0.2) is 0 Å². The predicted molar refractivity (Wildman–Crippen MR) is 152 cm³/mol. The van der Waals surface area contributed by atoms with E-state index in [2.05, 4.69) is 40.0 Å². The van der Waals surface area contributed by atoms with E-state index in [0.29, 0.717) is 32.9 Å². The van der Waals surface area contributed by atoms with Crippen LogP contribution in [0.2, 0.25) is 0 Å². The molecule has 0 N–H and O–H groups in total. The third-order valence-electron chi connectivity index (χ3n) is 3.85. The van der Waals surface area contributed by atoms with E-state index in [-0.39, 0.29) is 34.9 Å². The van der Waals surface area contributed by atoms with E-state index in [1.807, 2.05) is 0 Å². The van der Waals surface area contributed by atoms with Crippen LogP contribution in [-0.4, -0.2) is 116 Å². The molecule has 0 aliphatic carbocycles. The summed E-state index contributed by atoms with van der Waals surface area (Å²) in [6.45, 7) is 2.59. The molecule has 0 atom stereocenters. The lowest BCUT2D eigenvalue weighted by atomic mass is 10.3. The van der Waals surface area contributed by atoms with Crippen molar-refractivity contribution in [1.29, 1.82) is 0 Å². The second-order valence-electron chi connectivity index (χ2n) is 7.13. The Bertz CT molecular complexity index is 1080. The summed E-state index contributed by atoms with van der Waals surface area (Å²) >= 11 is 1.13. The van der Waals surface area contributed by atoms with Crippen LogP contribution in [0, 0.1) is 0 Å². The van der Waals surface area contributed by atoms with Crippen molar-refractivity contribution in [3.05, 3.63) is 0 Å². The molecule has 0 aromatic carbocycles. The predicted octanol–water partition coefficient (Wildman–Crippen LogP) is 5.62. The summed E-state index contributed by atoms with van der Waals surface area (Å²) in [5.41, 5.74) is -0.155. The van der Waals surface area contributed by atoms with Gasteiger partial charge in [-0.05, 0) is 26.4 Å². The van der Waals surface area contributed by atoms with E-state index >= 15 is 0 Å². The van der Waals surface area contributed by atoms with Crippen LogP contribution in [0.3, 0.4) is 0 Å². The molecule has 0 aromatic rings. The molecule has 0 heterocycles. The van der Waals surface area contributed by atoms with Crippen LogP contribution in [-0.2, 0) is 19.4 Å². The maximum absolute atomic E-state index is 12.6. The van der Waals surface area contributed by atoms with Crippen LogP contribution >= 0.6 is 47.8 Å². The quantitative estimate of drug-likeness (QED) is 0.0721. The molecular formula is C18H24F6N8O8S4. The SMILES string of the molecule is CS/C(=N\OC(=O)N(C)SN(C)C(=O)O/N=C(C)/C(C)=N/OC(=O)N(C)SN(C)C(=O)O/N=C(\SC)C(F)(F)F)C(F)(F)F.